The zero-order valence-corrected chi connectivity index (χ0v) is 15.7. The summed E-state index contributed by atoms with van der Waals surface area (Å²) < 4.78 is 0. The van der Waals surface area contributed by atoms with Crippen molar-refractivity contribution in [2.24, 2.45) is 5.41 Å². The van der Waals surface area contributed by atoms with E-state index in [0.717, 1.165) is 49.0 Å². The molecule has 1 spiro atoms. The number of nitrogens with zero attached hydrogens (tertiary/aromatic N) is 3. The average molecular weight is 363 g/mol. The second kappa shape index (κ2) is 7.14. The Hall–Kier alpha value is -2.69. The topological polar surface area (TPSA) is 53.5 Å². The first-order valence-corrected chi connectivity index (χ1v) is 9.62. The molecule has 2 fully saturated rings. The van der Waals surface area contributed by atoms with Crippen LogP contribution in [0.4, 0.5) is 0 Å². The predicted octanol–water partition coefficient (Wildman–Crippen LogP) is 3.04. The number of rotatable bonds is 3. The van der Waals surface area contributed by atoms with Gasteiger partial charge in [0.1, 0.15) is 0 Å². The van der Waals surface area contributed by atoms with Crippen LogP contribution < -0.4 is 0 Å². The van der Waals surface area contributed by atoms with Crippen molar-refractivity contribution in [2.45, 2.75) is 32.7 Å². The third-order valence-electron chi connectivity index (χ3n) is 5.94. The van der Waals surface area contributed by atoms with Crippen LogP contribution in [0.2, 0.25) is 0 Å². The van der Waals surface area contributed by atoms with Gasteiger partial charge in [-0.2, -0.15) is 0 Å². The van der Waals surface area contributed by atoms with E-state index in [2.05, 4.69) is 4.98 Å². The van der Waals surface area contributed by atoms with Crippen molar-refractivity contribution in [1.82, 2.24) is 14.8 Å². The number of carbonyl (C=O) groups is 2. The summed E-state index contributed by atoms with van der Waals surface area (Å²) in [4.78, 5) is 34.2. The molecule has 0 saturated carbocycles. The zero-order valence-electron chi connectivity index (χ0n) is 15.7. The Kier molecular flexibility index (Phi) is 4.68. The van der Waals surface area contributed by atoms with Crippen LogP contribution in [0.25, 0.3) is 0 Å². The fourth-order valence-electron chi connectivity index (χ4n) is 4.42. The molecule has 2 amide bonds. The van der Waals surface area contributed by atoms with Gasteiger partial charge in [-0.15, -0.1) is 0 Å². The molecule has 5 heteroatoms. The Bertz CT molecular complexity index is 852. The van der Waals surface area contributed by atoms with E-state index in [0.29, 0.717) is 13.1 Å². The number of aryl methyl sites for hydroxylation is 1. The summed E-state index contributed by atoms with van der Waals surface area (Å²) in [5.74, 6) is 0.235. The van der Waals surface area contributed by atoms with Gasteiger partial charge in [-0.05, 0) is 49.4 Å². The van der Waals surface area contributed by atoms with E-state index in [4.69, 9.17) is 0 Å². The van der Waals surface area contributed by atoms with Gasteiger partial charge in [0.15, 0.2) is 0 Å². The van der Waals surface area contributed by atoms with E-state index in [1.165, 1.54) is 0 Å². The van der Waals surface area contributed by atoms with Crippen molar-refractivity contribution < 1.29 is 9.59 Å². The van der Waals surface area contributed by atoms with Crippen LogP contribution in [-0.2, 0) is 11.3 Å². The number of amides is 2. The summed E-state index contributed by atoms with van der Waals surface area (Å²) in [5.41, 5.74) is 2.36. The molecule has 0 bridgehead atoms. The van der Waals surface area contributed by atoms with Gasteiger partial charge in [-0.1, -0.05) is 24.3 Å². The zero-order chi connectivity index (χ0) is 18.9. The van der Waals surface area contributed by atoms with E-state index in [1.54, 1.807) is 6.20 Å². The summed E-state index contributed by atoms with van der Waals surface area (Å²) in [6.07, 6.45) is 6.13. The molecule has 0 aliphatic carbocycles. The minimum atomic E-state index is -0.418. The van der Waals surface area contributed by atoms with Crippen LogP contribution in [0.5, 0.6) is 0 Å². The van der Waals surface area contributed by atoms with Crippen molar-refractivity contribution in [3.8, 4) is 0 Å². The molecular formula is C22H25N3O2. The smallest absolute Gasteiger partial charge is 0.254 e. The van der Waals surface area contributed by atoms with Crippen LogP contribution >= 0.6 is 0 Å². The van der Waals surface area contributed by atoms with Gasteiger partial charge in [-0.25, -0.2) is 0 Å². The number of carbonyl (C=O) groups excluding carboxylic acids is 2. The molecule has 1 unspecified atom stereocenters. The highest BCUT2D eigenvalue weighted by atomic mass is 16.2. The van der Waals surface area contributed by atoms with Gasteiger partial charge in [0, 0.05) is 44.1 Å². The molecule has 4 rings (SSSR count). The Balaban J connectivity index is 1.50. The van der Waals surface area contributed by atoms with E-state index in [1.807, 2.05) is 59.3 Å². The molecule has 1 atom stereocenters. The van der Waals surface area contributed by atoms with Gasteiger partial charge in [0.2, 0.25) is 5.91 Å². The summed E-state index contributed by atoms with van der Waals surface area (Å²) >= 11 is 0. The average Bonchev–Trinajstić information content (AvgIpc) is 2.98. The number of benzene rings is 1. The van der Waals surface area contributed by atoms with Crippen molar-refractivity contribution in [3.05, 3.63) is 65.5 Å². The Morgan fingerprint density at radius 2 is 2.00 bits per heavy atom. The predicted molar refractivity (Wildman–Crippen MR) is 103 cm³/mol. The van der Waals surface area contributed by atoms with Crippen molar-refractivity contribution in [2.75, 3.05) is 19.6 Å². The molecule has 2 saturated heterocycles. The molecule has 2 aromatic rings. The molecule has 1 aromatic heterocycles. The summed E-state index contributed by atoms with van der Waals surface area (Å²) in [6, 6.07) is 11.6. The monoisotopic (exact) mass is 363 g/mol. The largest absolute Gasteiger partial charge is 0.338 e. The maximum Gasteiger partial charge on any atom is 0.254 e. The lowest BCUT2D eigenvalue weighted by Crippen LogP contribution is -2.49. The lowest BCUT2D eigenvalue weighted by molar-refractivity contribution is -0.138. The number of piperidine rings is 1. The number of pyridine rings is 1. The molecule has 27 heavy (non-hydrogen) atoms. The number of likely N-dealkylation sites (tertiary alicyclic amines) is 2. The van der Waals surface area contributed by atoms with E-state index >= 15 is 0 Å². The molecule has 1 aromatic carbocycles. The summed E-state index contributed by atoms with van der Waals surface area (Å²) in [5, 5.41) is 0. The fraction of sp³-hybridized carbons (Fsp3) is 0.409. The molecule has 3 heterocycles. The fourth-order valence-corrected chi connectivity index (χ4v) is 4.42. The Morgan fingerprint density at radius 1 is 1.15 bits per heavy atom. The lowest BCUT2D eigenvalue weighted by Gasteiger charge is -2.39. The molecule has 5 nitrogen and oxygen atoms in total. The summed E-state index contributed by atoms with van der Waals surface area (Å²) in [6.45, 7) is 4.57. The van der Waals surface area contributed by atoms with Crippen molar-refractivity contribution in [1.29, 1.82) is 0 Å². The van der Waals surface area contributed by atoms with Crippen LogP contribution in [0.3, 0.4) is 0 Å². The molecule has 2 aliphatic heterocycles. The molecule has 0 radical (unpaired) electrons. The lowest BCUT2D eigenvalue weighted by atomic mass is 9.78. The van der Waals surface area contributed by atoms with Crippen molar-refractivity contribution >= 4 is 11.8 Å². The van der Waals surface area contributed by atoms with Gasteiger partial charge < -0.3 is 9.80 Å². The molecule has 0 N–H and O–H groups in total. The minimum absolute atomic E-state index is 0.0469. The first-order valence-electron chi connectivity index (χ1n) is 9.62. The van der Waals surface area contributed by atoms with Gasteiger partial charge in [0.25, 0.3) is 5.91 Å². The van der Waals surface area contributed by atoms with E-state index < -0.39 is 5.41 Å². The Labute approximate surface area is 160 Å². The quantitative estimate of drug-likeness (QED) is 0.842. The highest BCUT2D eigenvalue weighted by molar-refractivity contribution is 5.96. The van der Waals surface area contributed by atoms with Crippen LogP contribution in [-0.4, -0.2) is 46.2 Å². The standard InChI is InChI=1S/C22H25N3O2/c1-17-6-2-3-8-19(17)20(26)25-12-5-9-22(16-25)10-13-24(21(22)27)15-18-7-4-11-23-14-18/h2-4,6-8,11,14H,5,9-10,12-13,15-16H2,1H3. The van der Waals surface area contributed by atoms with Crippen LogP contribution in [0.1, 0.15) is 40.7 Å². The first-order chi connectivity index (χ1) is 13.1. The number of hydrogen-bond acceptors (Lipinski definition) is 3. The minimum Gasteiger partial charge on any atom is -0.338 e. The SMILES string of the molecule is Cc1ccccc1C(=O)N1CCCC2(CCN(Cc3cccnc3)C2=O)C1. The molecular weight excluding hydrogens is 338 g/mol. The first kappa shape index (κ1) is 17.7. The van der Waals surface area contributed by atoms with E-state index in [9.17, 15) is 9.59 Å². The third kappa shape index (κ3) is 3.34. The van der Waals surface area contributed by atoms with Gasteiger partial charge in [0.05, 0.1) is 5.41 Å². The highest BCUT2D eigenvalue weighted by Gasteiger charge is 2.49. The maximum absolute atomic E-state index is 13.2. The van der Waals surface area contributed by atoms with E-state index in [-0.39, 0.29) is 11.8 Å². The number of aromatic nitrogens is 1. The number of hydrogen-bond donors (Lipinski definition) is 0. The third-order valence-corrected chi connectivity index (χ3v) is 5.94. The molecule has 2 aliphatic rings. The van der Waals surface area contributed by atoms with Gasteiger partial charge >= 0.3 is 0 Å². The second-order valence-corrected chi connectivity index (χ2v) is 7.76. The van der Waals surface area contributed by atoms with Crippen LogP contribution in [0.15, 0.2) is 48.8 Å². The summed E-state index contributed by atoms with van der Waals surface area (Å²) in [7, 11) is 0. The normalized spacial score (nSPS) is 22.5. The van der Waals surface area contributed by atoms with Gasteiger partial charge in [-0.3, -0.25) is 14.6 Å². The Morgan fingerprint density at radius 3 is 2.78 bits per heavy atom. The molecule has 140 valence electrons. The second-order valence-electron chi connectivity index (χ2n) is 7.76. The van der Waals surface area contributed by atoms with Crippen LogP contribution in [0, 0.1) is 12.3 Å². The highest BCUT2D eigenvalue weighted by Crippen LogP contribution is 2.41. The maximum atomic E-state index is 13.2. The van der Waals surface area contributed by atoms with Crippen molar-refractivity contribution in [3.63, 3.8) is 0 Å².